The van der Waals surface area contributed by atoms with Crippen molar-refractivity contribution < 1.29 is 4.79 Å². The predicted octanol–water partition coefficient (Wildman–Crippen LogP) is 2.47. The molecule has 0 bridgehead atoms. The minimum Gasteiger partial charge on any atom is -0.338 e. The Morgan fingerprint density at radius 2 is 2.11 bits per heavy atom. The molecule has 0 saturated heterocycles. The number of benzene rings is 1. The summed E-state index contributed by atoms with van der Waals surface area (Å²) in [7, 11) is 0. The van der Waals surface area contributed by atoms with Gasteiger partial charge in [0.1, 0.15) is 0 Å². The highest BCUT2D eigenvalue weighted by molar-refractivity contribution is 5.80. The van der Waals surface area contributed by atoms with Crippen LogP contribution in [0.25, 0.3) is 0 Å². The Morgan fingerprint density at radius 3 is 2.68 bits per heavy atom. The van der Waals surface area contributed by atoms with Crippen LogP contribution in [0.3, 0.4) is 0 Å². The zero-order valence-electron chi connectivity index (χ0n) is 11.9. The van der Waals surface area contributed by atoms with Crippen LogP contribution in [0.2, 0.25) is 0 Å². The average Bonchev–Trinajstić information content (AvgIpc) is 2.83. The van der Waals surface area contributed by atoms with Gasteiger partial charge in [-0.2, -0.15) is 0 Å². The molecule has 0 spiro atoms. The molecule has 2 atom stereocenters. The van der Waals surface area contributed by atoms with Gasteiger partial charge in [-0.1, -0.05) is 30.7 Å². The minimum atomic E-state index is 0.0315. The second-order valence-corrected chi connectivity index (χ2v) is 5.48. The Bertz CT molecular complexity index is 444. The van der Waals surface area contributed by atoms with E-state index in [-0.39, 0.29) is 17.9 Å². The first-order valence-electron chi connectivity index (χ1n) is 7.22. The molecule has 3 heteroatoms. The van der Waals surface area contributed by atoms with Gasteiger partial charge in [0.15, 0.2) is 0 Å². The summed E-state index contributed by atoms with van der Waals surface area (Å²) in [5.41, 5.74) is 8.51. The number of aryl methyl sites for hydroxylation is 1. The van der Waals surface area contributed by atoms with E-state index in [1.54, 1.807) is 0 Å². The number of hydrogen-bond donors (Lipinski definition) is 1. The molecule has 0 aliphatic heterocycles. The first-order valence-corrected chi connectivity index (χ1v) is 7.22. The van der Waals surface area contributed by atoms with E-state index in [0.717, 1.165) is 25.8 Å². The van der Waals surface area contributed by atoms with E-state index in [4.69, 9.17) is 5.73 Å². The van der Waals surface area contributed by atoms with E-state index < -0.39 is 0 Å². The van der Waals surface area contributed by atoms with Crippen LogP contribution in [0.15, 0.2) is 24.3 Å². The van der Waals surface area contributed by atoms with Crippen molar-refractivity contribution in [2.24, 2.45) is 11.7 Å². The molecule has 1 aliphatic carbocycles. The minimum absolute atomic E-state index is 0.0315. The van der Waals surface area contributed by atoms with Crippen LogP contribution in [0.4, 0.5) is 0 Å². The lowest BCUT2D eigenvalue weighted by Gasteiger charge is -2.26. The third-order valence-electron chi connectivity index (χ3n) is 4.20. The van der Waals surface area contributed by atoms with Gasteiger partial charge in [0, 0.05) is 19.1 Å². The van der Waals surface area contributed by atoms with Crippen molar-refractivity contribution in [2.75, 3.05) is 6.54 Å². The SMILES string of the molecule is CCN(Cc1ccccc1C)C(=O)[C@@H]1CCC[C@@H]1N. The second kappa shape index (κ2) is 6.20. The van der Waals surface area contributed by atoms with Crippen molar-refractivity contribution in [2.45, 2.75) is 45.7 Å². The molecule has 1 aromatic carbocycles. The van der Waals surface area contributed by atoms with E-state index in [0.29, 0.717) is 6.54 Å². The van der Waals surface area contributed by atoms with Gasteiger partial charge in [-0.25, -0.2) is 0 Å². The quantitative estimate of drug-likeness (QED) is 0.904. The highest BCUT2D eigenvalue weighted by atomic mass is 16.2. The zero-order chi connectivity index (χ0) is 13.8. The summed E-state index contributed by atoms with van der Waals surface area (Å²) in [4.78, 5) is 14.5. The van der Waals surface area contributed by atoms with E-state index in [9.17, 15) is 4.79 Å². The first-order chi connectivity index (χ1) is 9.13. The molecular weight excluding hydrogens is 236 g/mol. The van der Waals surface area contributed by atoms with Crippen LogP contribution >= 0.6 is 0 Å². The lowest BCUT2D eigenvalue weighted by atomic mass is 10.0. The van der Waals surface area contributed by atoms with E-state index >= 15 is 0 Å². The molecule has 2 N–H and O–H groups in total. The van der Waals surface area contributed by atoms with Gasteiger partial charge >= 0.3 is 0 Å². The number of amides is 1. The number of nitrogens with two attached hydrogens (primary N) is 1. The van der Waals surface area contributed by atoms with Crippen LogP contribution in [0.5, 0.6) is 0 Å². The lowest BCUT2D eigenvalue weighted by molar-refractivity contribution is -0.136. The van der Waals surface area contributed by atoms with Gasteiger partial charge in [-0.05, 0) is 37.8 Å². The number of hydrogen-bond acceptors (Lipinski definition) is 2. The highest BCUT2D eigenvalue weighted by Crippen LogP contribution is 2.26. The molecule has 0 radical (unpaired) electrons. The van der Waals surface area contributed by atoms with Gasteiger partial charge in [-0.15, -0.1) is 0 Å². The van der Waals surface area contributed by atoms with Crippen molar-refractivity contribution in [1.29, 1.82) is 0 Å². The molecule has 1 aliphatic rings. The van der Waals surface area contributed by atoms with Gasteiger partial charge in [-0.3, -0.25) is 4.79 Å². The van der Waals surface area contributed by atoms with Crippen LogP contribution in [0, 0.1) is 12.8 Å². The lowest BCUT2D eigenvalue weighted by Crippen LogP contribution is -2.41. The topological polar surface area (TPSA) is 46.3 Å². The highest BCUT2D eigenvalue weighted by Gasteiger charge is 2.32. The Labute approximate surface area is 115 Å². The summed E-state index contributed by atoms with van der Waals surface area (Å²) in [5.74, 6) is 0.264. The van der Waals surface area contributed by atoms with Crippen molar-refractivity contribution in [3.63, 3.8) is 0 Å². The van der Waals surface area contributed by atoms with E-state index in [1.165, 1.54) is 11.1 Å². The van der Waals surface area contributed by atoms with Crippen LogP contribution in [0.1, 0.15) is 37.3 Å². The molecule has 1 saturated carbocycles. The molecule has 104 valence electrons. The summed E-state index contributed by atoms with van der Waals surface area (Å²) in [6.45, 7) is 5.58. The third kappa shape index (κ3) is 3.16. The fourth-order valence-electron chi connectivity index (χ4n) is 2.87. The van der Waals surface area contributed by atoms with Gasteiger partial charge in [0.05, 0.1) is 5.92 Å². The third-order valence-corrected chi connectivity index (χ3v) is 4.20. The average molecular weight is 260 g/mol. The maximum Gasteiger partial charge on any atom is 0.227 e. The second-order valence-electron chi connectivity index (χ2n) is 5.48. The molecule has 1 aromatic rings. The summed E-state index contributed by atoms with van der Waals surface area (Å²) in [6, 6.07) is 8.30. The van der Waals surface area contributed by atoms with E-state index in [1.807, 2.05) is 24.0 Å². The van der Waals surface area contributed by atoms with Gasteiger partial charge in [0.25, 0.3) is 0 Å². The number of carbonyl (C=O) groups excluding carboxylic acids is 1. The van der Waals surface area contributed by atoms with Crippen LogP contribution in [-0.2, 0) is 11.3 Å². The molecule has 19 heavy (non-hydrogen) atoms. The molecule has 1 amide bonds. The maximum absolute atomic E-state index is 12.5. The van der Waals surface area contributed by atoms with Crippen molar-refractivity contribution in [3.05, 3.63) is 35.4 Å². The maximum atomic E-state index is 12.5. The zero-order valence-corrected chi connectivity index (χ0v) is 11.9. The number of nitrogens with zero attached hydrogens (tertiary/aromatic N) is 1. The standard InChI is InChI=1S/C16H24N2O/c1-3-18(11-13-8-5-4-7-12(13)2)16(19)14-9-6-10-15(14)17/h4-5,7-8,14-15H,3,6,9-11,17H2,1-2H3/t14-,15+/m1/s1. The summed E-state index contributed by atoms with van der Waals surface area (Å²) < 4.78 is 0. The molecule has 0 aromatic heterocycles. The number of rotatable bonds is 4. The normalized spacial score (nSPS) is 22.5. The Kier molecular flexibility index (Phi) is 4.59. The largest absolute Gasteiger partial charge is 0.338 e. The van der Waals surface area contributed by atoms with E-state index in [2.05, 4.69) is 19.1 Å². The summed E-state index contributed by atoms with van der Waals surface area (Å²) in [5, 5.41) is 0. The molecular formula is C16H24N2O. The first kappa shape index (κ1) is 14.1. The number of carbonyl (C=O) groups is 1. The van der Waals surface area contributed by atoms with Crippen LogP contribution < -0.4 is 5.73 Å². The monoisotopic (exact) mass is 260 g/mol. The Balaban J connectivity index is 2.08. The molecule has 0 unspecified atom stereocenters. The van der Waals surface area contributed by atoms with Crippen molar-refractivity contribution in [1.82, 2.24) is 4.90 Å². The van der Waals surface area contributed by atoms with Crippen molar-refractivity contribution >= 4 is 5.91 Å². The fraction of sp³-hybridized carbons (Fsp3) is 0.562. The fourth-order valence-corrected chi connectivity index (χ4v) is 2.87. The van der Waals surface area contributed by atoms with Gasteiger partial charge < -0.3 is 10.6 Å². The molecule has 0 heterocycles. The van der Waals surface area contributed by atoms with Crippen LogP contribution in [-0.4, -0.2) is 23.4 Å². The molecule has 2 rings (SSSR count). The molecule has 1 fully saturated rings. The summed E-state index contributed by atoms with van der Waals surface area (Å²) in [6.07, 6.45) is 3.02. The predicted molar refractivity (Wildman–Crippen MR) is 77.6 cm³/mol. The smallest absolute Gasteiger partial charge is 0.227 e. The van der Waals surface area contributed by atoms with Crippen molar-refractivity contribution in [3.8, 4) is 0 Å². The Hall–Kier alpha value is -1.35. The Morgan fingerprint density at radius 1 is 1.37 bits per heavy atom. The van der Waals surface area contributed by atoms with Gasteiger partial charge in [0.2, 0.25) is 5.91 Å². The summed E-state index contributed by atoms with van der Waals surface area (Å²) >= 11 is 0. The molecule has 3 nitrogen and oxygen atoms in total.